The van der Waals surface area contributed by atoms with Crippen LogP contribution in [0.5, 0.6) is 0 Å². The Bertz CT molecular complexity index is 649. The van der Waals surface area contributed by atoms with Crippen LogP contribution in [0.4, 0.5) is 0 Å². The maximum absolute atomic E-state index is 3.71. The largest absolute Gasteiger partial charge is 0.309 e. The molecule has 0 bridgehead atoms. The van der Waals surface area contributed by atoms with Crippen LogP contribution in [-0.4, -0.2) is 12.1 Å². The summed E-state index contributed by atoms with van der Waals surface area (Å²) in [5.41, 5.74) is 11.1. The molecule has 0 saturated carbocycles. The summed E-state index contributed by atoms with van der Waals surface area (Å²) in [5.74, 6) is 0. The topological polar surface area (TPSA) is 24.1 Å². The summed E-state index contributed by atoms with van der Waals surface area (Å²) >= 11 is 0. The molecule has 0 aliphatic rings. The highest BCUT2D eigenvalue weighted by molar-refractivity contribution is 5.38. The van der Waals surface area contributed by atoms with Gasteiger partial charge in [-0.3, -0.25) is 0 Å². The zero-order chi connectivity index (χ0) is 19.4. The van der Waals surface area contributed by atoms with Gasteiger partial charge in [0.1, 0.15) is 0 Å². The van der Waals surface area contributed by atoms with Crippen molar-refractivity contribution >= 4 is 0 Å². The number of rotatable bonds is 7. The fourth-order valence-corrected chi connectivity index (χ4v) is 3.86. The van der Waals surface area contributed by atoms with E-state index in [2.05, 4.69) is 90.3 Å². The van der Waals surface area contributed by atoms with Crippen LogP contribution in [-0.2, 0) is 13.1 Å². The summed E-state index contributed by atoms with van der Waals surface area (Å²) in [5, 5.41) is 7.42. The molecular weight excluding hydrogens is 316 g/mol. The minimum atomic E-state index is 0.404. The first kappa shape index (κ1) is 20.7. The Morgan fingerprint density at radius 2 is 0.846 bits per heavy atom. The van der Waals surface area contributed by atoms with Gasteiger partial charge in [-0.05, 0) is 88.8 Å². The molecule has 0 unspecified atom stereocenters. The van der Waals surface area contributed by atoms with E-state index in [1.807, 2.05) is 0 Å². The molecule has 2 atom stereocenters. The molecule has 2 aromatic rings. The van der Waals surface area contributed by atoms with Gasteiger partial charge in [-0.25, -0.2) is 0 Å². The fourth-order valence-electron chi connectivity index (χ4n) is 3.86. The fraction of sp³-hybridized carbons (Fsp3) is 0.500. The van der Waals surface area contributed by atoms with Crippen molar-refractivity contribution in [3.8, 4) is 0 Å². The third kappa shape index (κ3) is 5.18. The first-order valence-corrected chi connectivity index (χ1v) is 9.79. The molecule has 0 aromatic heterocycles. The summed E-state index contributed by atoms with van der Waals surface area (Å²) in [6.45, 7) is 19.6. The van der Waals surface area contributed by atoms with Gasteiger partial charge < -0.3 is 10.6 Å². The minimum Gasteiger partial charge on any atom is -0.309 e. The highest BCUT2D eigenvalue weighted by Crippen LogP contribution is 2.18. The molecule has 0 radical (unpaired) electrons. The number of aryl methyl sites for hydroxylation is 6. The van der Waals surface area contributed by atoms with E-state index in [1.54, 1.807) is 0 Å². The van der Waals surface area contributed by atoms with Gasteiger partial charge in [-0.2, -0.15) is 0 Å². The SMILES string of the molecule is Cc1cc(C)c(CN[C@@H](C)[C@H](C)NCc2c(C)cc(C)cc2C)c(C)c1. The smallest absolute Gasteiger partial charge is 0.0213 e. The van der Waals surface area contributed by atoms with Crippen molar-refractivity contribution in [2.45, 2.75) is 80.6 Å². The quantitative estimate of drug-likeness (QED) is 0.716. The zero-order valence-corrected chi connectivity index (χ0v) is 17.9. The third-order valence-corrected chi connectivity index (χ3v) is 5.63. The Hall–Kier alpha value is -1.64. The van der Waals surface area contributed by atoms with E-state index in [0.717, 1.165) is 13.1 Å². The third-order valence-electron chi connectivity index (χ3n) is 5.63. The number of hydrogen-bond acceptors (Lipinski definition) is 2. The molecule has 0 aliphatic heterocycles. The molecule has 2 nitrogen and oxygen atoms in total. The Balaban J connectivity index is 1.93. The second-order valence-corrected chi connectivity index (χ2v) is 8.09. The summed E-state index contributed by atoms with van der Waals surface area (Å²) in [7, 11) is 0. The highest BCUT2D eigenvalue weighted by Gasteiger charge is 2.14. The van der Waals surface area contributed by atoms with E-state index in [0.29, 0.717) is 12.1 Å². The Morgan fingerprint density at radius 3 is 1.12 bits per heavy atom. The summed E-state index contributed by atoms with van der Waals surface area (Å²) in [4.78, 5) is 0. The number of nitrogens with one attached hydrogen (secondary N) is 2. The van der Waals surface area contributed by atoms with Crippen LogP contribution in [0.2, 0.25) is 0 Å². The van der Waals surface area contributed by atoms with Gasteiger partial charge in [0.2, 0.25) is 0 Å². The normalized spacial score (nSPS) is 13.7. The van der Waals surface area contributed by atoms with Crippen molar-refractivity contribution in [1.82, 2.24) is 10.6 Å². The van der Waals surface area contributed by atoms with Crippen LogP contribution in [0.3, 0.4) is 0 Å². The van der Waals surface area contributed by atoms with Crippen molar-refractivity contribution in [3.63, 3.8) is 0 Å². The van der Waals surface area contributed by atoms with Gasteiger partial charge in [0.25, 0.3) is 0 Å². The van der Waals surface area contributed by atoms with Crippen molar-refractivity contribution in [3.05, 3.63) is 68.8 Å². The van der Waals surface area contributed by atoms with E-state index in [4.69, 9.17) is 0 Å². The van der Waals surface area contributed by atoms with Gasteiger partial charge in [-0.1, -0.05) is 35.4 Å². The van der Waals surface area contributed by atoms with Crippen LogP contribution in [0.25, 0.3) is 0 Å². The van der Waals surface area contributed by atoms with E-state index >= 15 is 0 Å². The van der Waals surface area contributed by atoms with E-state index in [-0.39, 0.29) is 0 Å². The molecule has 0 heterocycles. The first-order chi connectivity index (χ1) is 12.2. The summed E-state index contributed by atoms with van der Waals surface area (Å²) in [6, 6.07) is 9.92. The molecule has 2 aromatic carbocycles. The monoisotopic (exact) mass is 352 g/mol. The molecule has 0 amide bonds. The van der Waals surface area contributed by atoms with Crippen LogP contribution in [0, 0.1) is 41.5 Å². The predicted octanol–water partition coefficient (Wildman–Crippen LogP) is 5.19. The predicted molar refractivity (Wildman–Crippen MR) is 114 cm³/mol. The van der Waals surface area contributed by atoms with Crippen LogP contribution >= 0.6 is 0 Å². The van der Waals surface area contributed by atoms with E-state index < -0.39 is 0 Å². The van der Waals surface area contributed by atoms with Crippen molar-refractivity contribution in [1.29, 1.82) is 0 Å². The number of benzene rings is 2. The van der Waals surface area contributed by atoms with Gasteiger partial charge in [0.15, 0.2) is 0 Å². The Kier molecular flexibility index (Phi) is 7.02. The maximum Gasteiger partial charge on any atom is 0.0213 e. The lowest BCUT2D eigenvalue weighted by molar-refractivity contribution is 0.406. The van der Waals surface area contributed by atoms with Gasteiger partial charge >= 0.3 is 0 Å². The average molecular weight is 353 g/mol. The van der Waals surface area contributed by atoms with Crippen molar-refractivity contribution < 1.29 is 0 Å². The molecule has 0 aliphatic carbocycles. The molecule has 2 N–H and O–H groups in total. The van der Waals surface area contributed by atoms with Crippen molar-refractivity contribution in [2.24, 2.45) is 0 Å². The van der Waals surface area contributed by atoms with E-state index in [1.165, 1.54) is 44.5 Å². The zero-order valence-electron chi connectivity index (χ0n) is 17.9. The molecule has 0 fully saturated rings. The standard InChI is InChI=1S/C24H36N2/c1-15-9-17(3)23(18(4)10-15)13-25-21(7)22(8)26-14-24-19(5)11-16(2)12-20(24)6/h9-12,21-22,25-26H,13-14H2,1-8H3/t21-,22-/m0/s1. The Labute approximate surface area is 160 Å². The van der Waals surface area contributed by atoms with Gasteiger partial charge in [-0.15, -0.1) is 0 Å². The minimum absolute atomic E-state index is 0.404. The molecule has 2 heteroatoms. The molecule has 26 heavy (non-hydrogen) atoms. The molecule has 142 valence electrons. The summed E-state index contributed by atoms with van der Waals surface area (Å²) < 4.78 is 0. The van der Waals surface area contributed by atoms with Crippen molar-refractivity contribution in [2.75, 3.05) is 0 Å². The van der Waals surface area contributed by atoms with Gasteiger partial charge in [0.05, 0.1) is 0 Å². The average Bonchev–Trinajstić information content (AvgIpc) is 2.52. The lowest BCUT2D eigenvalue weighted by atomic mass is 9.98. The molecule has 0 spiro atoms. The van der Waals surface area contributed by atoms with Gasteiger partial charge in [0, 0.05) is 25.2 Å². The lowest BCUT2D eigenvalue weighted by Crippen LogP contribution is -2.44. The van der Waals surface area contributed by atoms with Crippen LogP contribution in [0.15, 0.2) is 24.3 Å². The Morgan fingerprint density at radius 1 is 0.577 bits per heavy atom. The second-order valence-electron chi connectivity index (χ2n) is 8.09. The molecular formula is C24H36N2. The maximum atomic E-state index is 3.71. The lowest BCUT2D eigenvalue weighted by Gasteiger charge is -2.25. The second kappa shape index (κ2) is 8.83. The van der Waals surface area contributed by atoms with E-state index in [9.17, 15) is 0 Å². The molecule has 0 saturated heterocycles. The van der Waals surface area contributed by atoms with Crippen LogP contribution < -0.4 is 10.6 Å². The van der Waals surface area contributed by atoms with Crippen LogP contribution in [0.1, 0.15) is 58.4 Å². The highest BCUT2D eigenvalue weighted by atomic mass is 15.0. The summed E-state index contributed by atoms with van der Waals surface area (Å²) in [6.07, 6.45) is 0. The first-order valence-electron chi connectivity index (χ1n) is 9.79. The molecule has 2 rings (SSSR count). The number of hydrogen-bond donors (Lipinski definition) is 2.